The molecule has 6 heteroatoms. The van der Waals surface area contributed by atoms with E-state index in [9.17, 15) is 8.42 Å². The fourth-order valence-corrected chi connectivity index (χ4v) is 3.69. The van der Waals surface area contributed by atoms with Crippen LogP contribution in [0.25, 0.3) is 0 Å². The van der Waals surface area contributed by atoms with E-state index in [4.69, 9.17) is 11.6 Å². The Morgan fingerprint density at radius 2 is 2.06 bits per heavy atom. The second-order valence-corrected chi connectivity index (χ2v) is 7.03. The van der Waals surface area contributed by atoms with Crippen molar-refractivity contribution in [2.45, 2.75) is 25.8 Å². The molecule has 17 heavy (non-hydrogen) atoms. The van der Waals surface area contributed by atoms with E-state index in [1.807, 2.05) is 13.0 Å². The van der Waals surface area contributed by atoms with Gasteiger partial charge < -0.3 is 5.32 Å². The van der Waals surface area contributed by atoms with Gasteiger partial charge in [0.2, 0.25) is 0 Å². The predicted octanol–water partition coefficient (Wildman–Crippen LogP) is 2.03. The summed E-state index contributed by atoms with van der Waals surface area (Å²) in [6.07, 6.45) is 2.92. The van der Waals surface area contributed by atoms with Crippen LogP contribution in [-0.4, -0.2) is 30.9 Å². The predicted molar refractivity (Wildman–Crippen MR) is 69.3 cm³/mol. The number of nitrogens with zero attached hydrogens (tertiary/aromatic N) is 1. The maximum atomic E-state index is 11.3. The molecule has 2 rings (SSSR count). The summed E-state index contributed by atoms with van der Waals surface area (Å²) in [6.45, 7) is 1.95. The van der Waals surface area contributed by atoms with Crippen molar-refractivity contribution in [1.82, 2.24) is 4.98 Å². The van der Waals surface area contributed by atoms with Gasteiger partial charge in [0.15, 0.2) is 5.15 Å². The molecule has 0 amide bonds. The third kappa shape index (κ3) is 3.10. The van der Waals surface area contributed by atoms with E-state index in [2.05, 4.69) is 10.3 Å². The van der Waals surface area contributed by atoms with Crippen molar-refractivity contribution < 1.29 is 8.42 Å². The minimum Gasteiger partial charge on any atom is -0.380 e. The Bertz CT molecular complexity index is 482. The Hall–Kier alpha value is -0.810. The molecule has 1 saturated heterocycles. The van der Waals surface area contributed by atoms with Gasteiger partial charge >= 0.3 is 0 Å². The van der Waals surface area contributed by atoms with Gasteiger partial charge in [-0.1, -0.05) is 11.6 Å². The molecule has 1 aliphatic heterocycles. The van der Waals surface area contributed by atoms with Gasteiger partial charge in [-0.25, -0.2) is 13.4 Å². The van der Waals surface area contributed by atoms with E-state index in [-0.39, 0.29) is 17.5 Å². The molecule has 4 nitrogen and oxygen atoms in total. The maximum absolute atomic E-state index is 11.3. The molecule has 1 N–H and O–H groups in total. The highest BCUT2D eigenvalue weighted by atomic mass is 35.5. The highest BCUT2D eigenvalue weighted by Crippen LogP contribution is 2.26. The minimum atomic E-state index is -2.82. The quantitative estimate of drug-likeness (QED) is 0.839. The van der Waals surface area contributed by atoms with Gasteiger partial charge in [-0.2, -0.15) is 0 Å². The standard InChI is InChI=1S/C11H15ClN2O2S/c1-8-2-5-13-11(12)10(8)14-9-3-6-17(15,16)7-4-9/h2,5,9,14H,3-4,6-7H2,1H3. The van der Waals surface area contributed by atoms with Crippen molar-refractivity contribution in [3.63, 3.8) is 0 Å². The van der Waals surface area contributed by atoms with Crippen molar-refractivity contribution in [2.24, 2.45) is 0 Å². The lowest BCUT2D eigenvalue weighted by Crippen LogP contribution is -2.32. The minimum absolute atomic E-state index is 0.166. The Balaban J connectivity index is 2.08. The number of rotatable bonds is 2. The van der Waals surface area contributed by atoms with Crippen LogP contribution in [0.5, 0.6) is 0 Å². The Morgan fingerprint density at radius 1 is 1.41 bits per heavy atom. The normalized spacial score (nSPS) is 20.1. The average Bonchev–Trinajstić information content (AvgIpc) is 2.26. The Labute approximate surface area is 106 Å². The zero-order valence-electron chi connectivity index (χ0n) is 9.61. The molecule has 0 unspecified atom stereocenters. The largest absolute Gasteiger partial charge is 0.380 e. The molecular formula is C11H15ClN2O2S. The van der Waals surface area contributed by atoms with Crippen LogP contribution in [0.1, 0.15) is 18.4 Å². The van der Waals surface area contributed by atoms with E-state index in [1.165, 1.54) is 0 Å². The van der Waals surface area contributed by atoms with Crippen LogP contribution in [0.3, 0.4) is 0 Å². The third-order valence-corrected chi connectivity index (χ3v) is 5.02. The molecule has 1 aliphatic rings. The number of nitrogens with one attached hydrogen (secondary N) is 1. The summed E-state index contributed by atoms with van der Waals surface area (Å²) in [4.78, 5) is 4.02. The second-order valence-electron chi connectivity index (χ2n) is 4.36. The fraction of sp³-hybridized carbons (Fsp3) is 0.545. The number of aryl methyl sites for hydroxylation is 1. The highest BCUT2D eigenvalue weighted by Gasteiger charge is 2.24. The van der Waals surface area contributed by atoms with E-state index < -0.39 is 9.84 Å². The molecule has 1 aromatic heterocycles. The summed E-state index contributed by atoms with van der Waals surface area (Å²) in [5.74, 6) is 0.503. The monoisotopic (exact) mass is 274 g/mol. The van der Waals surface area contributed by atoms with Gasteiger partial charge in [0, 0.05) is 12.2 Å². The van der Waals surface area contributed by atoms with Crippen molar-refractivity contribution >= 4 is 27.1 Å². The van der Waals surface area contributed by atoms with Crippen LogP contribution in [-0.2, 0) is 9.84 Å². The molecule has 0 aliphatic carbocycles. The first-order valence-electron chi connectivity index (χ1n) is 5.56. The zero-order chi connectivity index (χ0) is 12.5. The number of hydrogen-bond acceptors (Lipinski definition) is 4. The van der Waals surface area contributed by atoms with Crippen molar-refractivity contribution in [1.29, 1.82) is 0 Å². The maximum Gasteiger partial charge on any atom is 0.152 e. The number of hydrogen-bond donors (Lipinski definition) is 1. The van der Waals surface area contributed by atoms with Crippen LogP contribution in [0.4, 0.5) is 5.69 Å². The molecule has 94 valence electrons. The number of anilines is 1. The molecule has 0 saturated carbocycles. The summed E-state index contributed by atoms with van der Waals surface area (Å²) >= 11 is 6.01. The van der Waals surface area contributed by atoms with E-state index in [0.717, 1.165) is 11.3 Å². The molecule has 2 heterocycles. The molecule has 1 fully saturated rings. The van der Waals surface area contributed by atoms with Gasteiger partial charge in [0.1, 0.15) is 9.84 Å². The summed E-state index contributed by atoms with van der Waals surface area (Å²) < 4.78 is 22.6. The lowest BCUT2D eigenvalue weighted by atomic mass is 10.1. The van der Waals surface area contributed by atoms with E-state index >= 15 is 0 Å². The number of aromatic nitrogens is 1. The van der Waals surface area contributed by atoms with Gasteiger partial charge in [-0.15, -0.1) is 0 Å². The Kier molecular flexibility index (Phi) is 3.58. The van der Waals surface area contributed by atoms with Gasteiger partial charge in [0.25, 0.3) is 0 Å². The lowest BCUT2D eigenvalue weighted by molar-refractivity contribution is 0.559. The topological polar surface area (TPSA) is 59.1 Å². The van der Waals surface area contributed by atoms with Crippen LogP contribution < -0.4 is 5.32 Å². The molecule has 0 aromatic carbocycles. The van der Waals surface area contributed by atoms with E-state index in [0.29, 0.717) is 18.0 Å². The molecular weight excluding hydrogens is 260 g/mol. The first-order valence-corrected chi connectivity index (χ1v) is 7.76. The van der Waals surface area contributed by atoms with Gasteiger partial charge in [0.05, 0.1) is 17.2 Å². The zero-order valence-corrected chi connectivity index (χ0v) is 11.2. The van der Waals surface area contributed by atoms with E-state index in [1.54, 1.807) is 6.20 Å². The number of pyridine rings is 1. The summed E-state index contributed by atoms with van der Waals surface area (Å²) in [6, 6.07) is 2.05. The molecule has 0 spiro atoms. The van der Waals surface area contributed by atoms with Crippen LogP contribution in [0.2, 0.25) is 5.15 Å². The third-order valence-electron chi connectivity index (χ3n) is 3.02. The number of sulfone groups is 1. The van der Waals surface area contributed by atoms with Crippen LogP contribution in [0.15, 0.2) is 12.3 Å². The summed E-state index contributed by atoms with van der Waals surface area (Å²) in [7, 11) is -2.82. The first kappa shape index (κ1) is 12.6. The first-order chi connectivity index (χ1) is 7.98. The lowest BCUT2D eigenvalue weighted by Gasteiger charge is -2.25. The van der Waals surface area contributed by atoms with Crippen LogP contribution >= 0.6 is 11.6 Å². The van der Waals surface area contributed by atoms with Crippen molar-refractivity contribution in [2.75, 3.05) is 16.8 Å². The smallest absolute Gasteiger partial charge is 0.152 e. The van der Waals surface area contributed by atoms with Gasteiger partial charge in [-0.05, 0) is 31.4 Å². The molecule has 0 atom stereocenters. The average molecular weight is 275 g/mol. The highest BCUT2D eigenvalue weighted by molar-refractivity contribution is 7.91. The van der Waals surface area contributed by atoms with Crippen molar-refractivity contribution in [3.05, 3.63) is 23.0 Å². The SMILES string of the molecule is Cc1ccnc(Cl)c1NC1CCS(=O)(=O)CC1. The summed E-state index contributed by atoms with van der Waals surface area (Å²) in [5, 5.41) is 3.74. The van der Waals surface area contributed by atoms with Crippen LogP contribution in [0, 0.1) is 6.92 Å². The number of halogens is 1. The molecule has 0 bridgehead atoms. The van der Waals surface area contributed by atoms with Crippen molar-refractivity contribution in [3.8, 4) is 0 Å². The van der Waals surface area contributed by atoms with Gasteiger partial charge in [-0.3, -0.25) is 0 Å². The second kappa shape index (κ2) is 4.82. The Morgan fingerprint density at radius 3 is 2.65 bits per heavy atom. The molecule has 0 radical (unpaired) electrons. The fourth-order valence-electron chi connectivity index (χ4n) is 1.94. The molecule has 1 aromatic rings. The summed E-state index contributed by atoms with van der Waals surface area (Å²) in [5.41, 5.74) is 1.84.